The molecular weight excluding hydrogens is 312 g/mol. The van der Waals surface area contributed by atoms with E-state index in [1.54, 1.807) is 16.2 Å². The van der Waals surface area contributed by atoms with Crippen molar-refractivity contribution in [3.8, 4) is 0 Å². The Morgan fingerprint density at radius 2 is 2.17 bits per heavy atom. The van der Waals surface area contributed by atoms with E-state index in [1.807, 2.05) is 4.90 Å². The molecule has 1 aromatic heterocycles. The topological polar surface area (TPSA) is 65.5 Å². The van der Waals surface area contributed by atoms with Crippen molar-refractivity contribution < 1.29 is 9.59 Å². The molecule has 1 aliphatic carbocycles. The van der Waals surface area contributed by atoms with Crippen LogP contribution in [0.15, 0.2) is 0 Å². The van der Waals surface area contributed by atoms with Crippen LogP contribution in [0.25, 0.3) is 0 Å². The zero-order chi connectivity index (χ0) is 16.4. The number of aryl methyl sites for hydroxylation is 2. The summed E-state index contributed by atoms with van der Waals surface area (Å²) in [5.74, 6) is 0.0806. The maximum Gasteiger partial charge on any atom is 0.317 e. The van der Waals surface area contributed by atoms with Crippen molar-refractivity contribution in [1.82, 2.24) is 20.1 Å². The smallest absolute Gasteiger partial charge is 0.317 e. The van der Waals surface area contributed by atoms with Crippen LogP contribution in [0.5, 0.6) is 0 Å². The van der Waals surface area contributed by atoms with Gasteiger partial charge in [0.05, 0.1) is 10.7 Å². The van der Waals surface area contributed by atoms with Gasteiger partial charge in [0.2, 0.25) is 5.91 Å². The van der Waals surface area contributed by atoms with Gasteiger partial charge in [-0.15, -0.1) is 11.3 Å². The average Bonchev–Trinajstić information content (AvgIpc) is 3.30. The molecule has 1 saturated carbocycles. The first-order valence-corrected chi connectivity index (χ1v) is 9.17. The van der Waals surface area contributed by atoms with Crippen molar-refractivity contribution in [3.63, 3.8) is 0 Å². The number of nitrogens with zero attached hydrogens (tertiary/aromatic N) is 3. The molecule has 2 fully saturated rings. The summed E-state index contributed by atoms with van der Waals surface area (Å²) in [5.41, 5.74) is 1.15. The molecule has 0 spiro atoms. The summed E-state index contributed by atoms with van der Waals surface area (Å²) in [6.45, 7) is 6.26. The lowest BCUT2D eigenvalue weighted by Crippen LogP contribution is -2.55. The van der Waals surface area contributed by atoms with Gasteiger partial charge in [-0.25, -0.2) is 9.78 Å². The summed E-state index contributed by atoms with van der Waals surface area (Å²) in [6.07, 6.45) is 3.92. The highest BCUT2D eigenvalue weighted by molar-refractivity contribution is 7.11. The Morgan fingerprint density at radius 1 is 1.39 bits per heavy atom. The molecule has 3 amide bonds. The molecule has 0 bridgehead atoms. The first-order chi connectivity index (χ1) is 11.1. The fourth-order valence-electron chi connectivity index (χ4n) is 2.94. The number of hydrogen-bond acceptors (Lipinski definition) is 4. The molecule has 23 heavy (non-hydrogen) atoms. The summed E-state index contributed by atoms with van der Waals surface area (Å²) in [6, 6.07) is 0.298. The van der Waals surface area contributed by atoms with Gasteiger partial charge in [-0.05, 0) is 26.2 Å². The van der Waals surface area contributed by atoms with Crippen molar-refractivity contribution >= 4 is 23.3 Å². The molecule has 126 valence electrons. The second kappa shape index (κ2) is 6.86. The normalized spacial score (nSPS) is 18.4. The predicted molar refractivity (Wildman–Crippen MR) is 89.6 cm³/mol. The van der Waals surface area contributed by atoms with Crippen LogP contribution in [-0.4, -0.2) is 58.9 Å². The number of carbonyl (C=O) groups excluding carboxylic acids is 2. The predicted octanol–water partition coefficient (Wildman–Crippen LogP) is 1.57. The highest BCUT2D eigenvalue weighted by Crippen LogP contribution is 2.28. The van der Waals surface area contributed by atoms with Gasteiger partial charge in [0.15, 0.2) is 0 Å². The summed E-state index contributed by atoms with van der Waals surface area (Å²) in [5, 5.41) is 3.97. The van der Waals surface area contributed by atoms with Crippen LogP contribution in [0, 0.1) is 6.92 Å². The number of piperazine rings is 1. The molecule has 0 atom stereocenters. The van der Waals surface area contributed by atoms with Crippen LogP contribution in [0.2, 0.25) is 0 Å². The third-order valence-corrected chi connectivity index (χ3v) is 5.49. The molecule has 0 radical (unpaired) electrons. The molecule has 1 aliphatic heterocycles. The van der Waals surface area contributed by atoms with Crippen molar-refractivity contribution in [2.45, 2.75) is 45.6 Å². The van der Waals surface area contributed by atoms with E-state index in [-0.39, 0.29) is 18.5 Å². The minimum Gasteiger partial charge on any atom is -0.338 e. The number of urea groups is 1. The van der Waals surface area contributed by atoms with E-state index in [9.17, 15) is 9.59 Å². The molecule has 0 unspecified atom stereocenters. The quantitative estimate of drug-likeness (QED) is 0.888. The maximum absolute atomic E-state index is 12.2. The molecule has 6 nitrogen and oxygen atoms in total. The molecule has 0 aromatic carbocycles. The van der Waals surface area contributed by atoms with Crippen molar-refractivity contribution in [2.24, 2.45) is 0 Å². The summed E-state index contributed by atoms with van der Waals surface area (Å²) >= 11 is 1.70. The lowest BCUT2D eigenvalue weighted by Gasteiger charge is -2.34. The van der Waals surface area contributed by atoms with E-state index < -0.39 is 0 Å². The Hall–Kier alpha value is -1.63. The average molecular weight is 336 g/mol. The number of rotatable bonds is 5. The van der Waals surface area contributed by atoms with Crippen LogP contribution in [-0.2, 0) is 17.6 Å². The van der Waals surface area contributed by atoms with E-state index in [4.69, 9.17) is 0 Å². The first-order valence-electron chi connectivity index (χ1n) is 8.36. The second-order valence-corrected chi connectivity index (χ2v) is 7.47. The number of thiazole rings is 1. The van der Waals surface area contributed by atoms with Crippen LogP contribution in [0.4, 0.5) is 4.79 Å². The van der Waals surface area contributed by atoms with Crippen molar-refractivity contribution in [1.29, 1.82) is 0 Å². The third kappa shape index (κ3) is 3.83. The maximum atomic E-state index is 12.2. The lowest BCUT2D eigenvalue weighted by atomic mass is 10.3. The highest BCUT2D eigenvalue weighted by Gasteiger charge is 2.36. The molecular formula is C16H24N4O2S. The van der Waals surface area contributed by atoms with Gasteiger partial charge in [0.1, 0.15) is 6.54 Å². The number of carbonyl (C=O) groups is 2. The molecule has 1 aromatic rings. The molecule has 2 aliphatic rings. The van der Waals surface area contributed by atoms with Gasteiger partial charge in [-0.1, -0.05) is 6.92 Å². The lowest BCUT2D eigenvalue weighted by molar-refractivity contribution is -0.135. The minimum absolute atomic E-state index is 0.0806. The second-order valence-electron chi connectivity index (χ2n) is 6.19. The zero-order valence-corrected chi connectivity index (χ0v) is 14.6. The van der Waals surface area contributed by atoms with Gasteiger partial charge in [0.25, 0.3) is 0 Å². The Labute approximate surface area is 140 Å². The van der Waals surface area contributed by atoms with E-state index >= 15 is 0 Å². The third-order valence-electron chi connectivity index (χ3n) is 4.42. The standard InChI is InChI=1S/C16H24N4O2S/c1-3-13-11(2)23-14(18-13)6-7-17-16(22)19-8-9-20(12-4-5-12)15(21)10-19/h12H,3-10H2,1-2H3,(H,17,22). The SMILES string of the molecule is CCc1nc(CCNC(=O)N2CCN(C3CC3)C(=O)C2)sc1C. The fourth-order valence-corrected chi connectivity index (χ4v) is 3.96. The Balaban J connectivity index is 1.43. The Morgan fingerprint density at radius 3 is 2.78 bits per heavy atom. The monoisotopic (exact) mass is 336 g/mol. The van der Waals surface area contributed by atoms with Crippen LogP contribution >= 0.6 is 11.3 Å². The summed E-state index contributed by atoms with van der Waals surface area (Å²) in [7, 11) is 0. The Bertz CT molecular complexity index is 597. The van der Waals surface area contributed by atoms with E-state index in [0.717, 1.165) is 36.4 Å². The number of amides is 3. The number of aromatic nitrogens is 1. The molecule has 7 heteroatoms. The van der Waals surface area contributed by atoms with Gasteiger partial charge >= 0.3 is 6.03 Å². The van der Waals surface area contributed by atoms with E-state index in [0.29, 0.717) is 25.7 Å². The van der Waals surface area contributed by atoms with Crippen LogP contribution in [0.3, 0.4) is 0 Å². The minimum atomic E-state index is -0.141. The molecule has 1 saturated heterocycles. The fraction of sp³-hybridized carbons (Fsp3) is 0.688. The summed E-state index contributed by atoms with van der Waals surface area (Å²) in [4.78, 5) is 33.6. The summed E-state index contributed by atoms with van der Waals surface area (Å²) < 4.78 is 0. The molecule has 1 N–H and O–H groups in total. The zero-order valence-electron chi connectivity index (χ0n) is 13.8. The first kappa shape index (κ1) is 16.2. The van der Waals surface area contributed by atoms with Gasteiger partial charge in [-0.3, -0.25) is 4.79 Å². The van der Waals surface area contributed by atoms with E-state index in [2.05, 4.69) is 24.1 Å². The van der Waals surface area contributed by atoms with Crippen LogP contribution < -0.4 is 5.32 Å². The highest BCUT2D eigenvalue weighted by atomic mass is 32.1. The largest absolute Gasteiger partial charge is 0.338 e. The van der Waals surface area contributed by atoms with E-state index in [1.165, 1.54) is 4.88 Å². The van der Waals surface area contributed by atoms with Crippen molar-refractivity contribution in [3.05, 3.63) is 15.6 Å². The molecule has 2 heterocycles. The van der Waals surface area contributed by atoms with Gasteiger partial charge in [-0.2, -0.15) is 0 Å². The molecule has 3 rings (SSSR count). The van der Waals surface area contributed by atoms with Crippen molar-refractivity contribution in [2.75, 3.05) is 26.2 Å². The number of hydrogen-bond donors (Lipinski definition) is 1. The number of nitrogens with one attached hydrogen (secondary N) is 1. The Kier molecular flexibility index (Phi) is 4.84. The van der Waals surface area contributed by atoms with Gasteiger partial charge < -0.3 is 15.1 Å². The van der Waals surface area contributed by atoms with Crippen LogP contribution in [0.1, 0.15) is 35.3 Å². The van der Waals surface area contributed by atoms with Gasteiger partial charge in [0, 0.05) is 37.0 Å².